The summed E-state index contributed by atoms with van der Waals surface area (Å²) in [6.45, 7) is 5.20. The highest BCUT2D eigenvalue weighted by atomic mass is 16.1. The lowest BCUT2D eigenvalue weighted by Gasteiger charge is -2.14. The van der Waals surface area contributed by atoms with E-state index in [0.717, 1.165) is 13.0 Å². The molecule has 0 aromatic heterocycles. The third-order valence-corrected chi connectivity index (χ3v) is 3.16. The summed E-state index contributed by atoms with van der Waals surface area (Å²) in [7, 11) is 2.12. The molecule has 2 atom stereocenters. The lowest BCUT2D eigenvalue weighted by Crippen LogP contribution is -2.23. The third-order valence-electron chi connectivity index (χ3n) is 3.16. The highest BCUT2D eigenvalue weighted by Crippen LogP contribution is 2.16. The number of nitrogens with zero attached hydrogens (tertiary/aromatic N) is 1. The normalized spacial score (nSPS) is 25.8. The summed E-state index contributed by atoms with van der Waals surface area (Å²) in [5.74, 6) is 0.450. The van der Waals surface area contributed by atoms with Gasteiger partial charge < -0.3 is 0 Å². The summed E-state index contributed by atoms with van der Waals surface area (Å²) in [5, 5.41) is 0. The maximum absolute atomic E-state index is 11.5. The number of hydrogen-bond donors (Lipinski definition) is 0. The van der Waals surface area contributed by atoms with Gasteiger partial charge in [0, 0.05) is 12.0 Å². The molecule has 0 amide bonds. The van der Waals surface area contributed by atoms with Crippen LogP contribution in [0.4, 0.5) is 0 Å². The molecule has 80 valence electrons. The first-order valence-corrected chi connectivity index (χ1v) is 5.57. The van der Waals surface area contributed by atoms with Crippen molar-refractivity contribution in [1.82, 2.24) is 4.90 Å². The first-order valence-electron chi connectivity index (χ1n) is 5.57. The van der Waals surface area contributed by atoms with Crippen molar-refractivity contribution < 1.29 is 4.79 Å². The zero-order chi connectivity index (χ0) is 10.6. The van der Waals surface area contributed by atoms with E-state index in [2.05, 4.69) is 24.9 Å². The SMILES string of the molecule is CCC(C)C(=O)/C=C/[C@@H]1CCCN1C. The van der Waals surface area contributed by atoms with E-state index in [1.807, 2.05) is 6.92 Å². The summed E-state index contributed by atoms with van der Waals surface area (Å²) in [4.78, 5) is 13.8. The minimum Gasteiger partial charge on any atom is -0.300 e. The van der Waals surface area contributed by atoms with E-state index in [1.54, 1.807) is 6.08 Å². The van der Waals surface area contributed by atoms with Gasteiger partial charge in [-0.15, -0.1) is 0 Å². The van der Waals surface area contributed by atoms with Crippen LogP contribution in [0.3, 0.4) is 0 Å². The van der Waals surface area contributed by atoms with Crippen LogP contribution in [0.25, 0.3) is 0 Å². The minimum atomic E-state index is 0.179. The highest BCUT2D eigenvalue weighted by molar-refractivity contribution is 5.91. The number of carbonyl (C=O) groups excluding carboxylic acids is 1. The van der Waals surface area contributed by atoms with Crippen molar-refractivity contribution in [1.29, 1.82) is 0 Å². The molecule has 0 aliphatic carbocycles. The molecule has 0 radical (unpaired) electrons. The van der Waals surface area contributed by atoms with Crippen LogP contribution in [0.15, 0.2) is 12.2 Å². The molecule has 1 heterocycles. The van der Waals surface area contributed by atoms with E-state index in [4.69, 9.17) is 0 Å². The predicted molar refractivity (Wildman–Crippen MR) is 59.3 cm³/mol. The molecule has 1 aliphatic heterocycles. The van der Waals surface area contributed by atoms with E-state index in [0.29, 0.717) is 6.04 Å². The van der Waals surface area contributed by atoms with Gasteiger partial charge in [0.25, 0.3) is 0 Å². The number of carbonyl (C=O) groups is 1. The van der Waals surface area contributed by atoms with Gasteiger partial charge in [0.15, 0.2) is 5.78 Å². The molecule has 0 spiro atoms. The monoisotopic (exact) mass is 195 g/mol. The maximum Gasteiger partial charge on any atom is 0.158 e. The van der Waals surface area contributed by atoms with Crippen LogP contribution >= 0.6 is 0 Å². The van der Waals surface area contributed by atoms with Crippen LogP contribution in [0, 0.1) is 5.92 Å². The molecule has 1 unspecified atom stereocenters. The zero-order valence-corrected chi connectivity index (χ0v) is 9.49. The second-order valence-electron chi connectivity index (χ2n) is 4.26. The molecule has 0 bridgehead atoms. The Kier molecular flexibility index (Phi) is 4.33. The number of rotatable bonds is 4. The van der Waals surface area contributed by atoms with Crippen molar-refractivity contribution in [2.75, 3.05) is 13.6 Å². The maximum atomic E-state index is 11.5. The van der Waals surface area contributed by atoms with E-state index in [1.165, 1.54) is 12.8 Å². The average molecular weight is 195 g/mol. The smallest absolute Gasteiger partial charge is 0.158 e. The second-order valence-corrected chi connectivity index (χ2v) is 4.26. The molecule has 0 aromatic rings. The number of likely N-dealkylation sites (N-methyl/N-ethyl adjacent to an activating group) is 1. The molecule has 14 heavy (non-hydrogen) atoms. The van der Waals surface area contributed by atoms with Crippen molar-refractivity contribution >= 4 is 5.78 Å². The summed E-state index contributed by atoms with van der Waals surface area (Å²) >= 11 is 0. The molecule has 1 rings (SSSR count). The molecule has 2 nitrogen and oxygen atoms in total. The minimum absolute atomic E-state index is 0.179. The van der Waals surface area contributed by atoms with Crippen molar-refractivity contribution in [3.63, 3.8) is 0 Å². The number of hydrogen-bond acceptors (Lipinski definition) is 2. The first kappa shape index (κ1) is 11.4. The summed E-state index contributed by atoms with van der Waals surface area (Å²) < 4.78 is 0. The Bertz CT molecular complexity index is 222. The fourth-order valence-electron chi connectivity index (χ4n) is 1.75. The van der Waals surface area contributed by atoms with E-state index >= 15 is 0 Å². The number of likely N-dealkylation sites (tertiary alicyclic amines) is 1. The summed E-state index contributed by atoms with van der Waals surface area (Å²) in [5.41, 5.74) is 0. The van der Waals surface area contributed by atoms with Gasteiger partial charge in [-0.25, -0.2) is 0 Å². The molecule has 1 aliphatic rings. The molecule has 0 aromatic carbocycles. The predicted octanol–water partition coefficient (Wildman–Crippen LogP) is 2.25. The van der Waals surface area contributed by atoms with Gasteiger partial charge in [0.05, 0.1) is 0 Å². The summed E-state index contributed by atoms with van der Waals surface area (Å²) in [6.07, 6.45) is 7.23. The number of allylic oxidation sites excluding steroid dienone is 1. The van der Waals surface area contributed by atoms with Crippen LogP contribution in [0.2, 0.25) is 0 Å². The molecule has 0 saturated carbocycles. The Hall–Kier alpha value is -0.630. The van der Waals surface area contributed by atoms with Crippen LogP contribution < -0.4 is 0 Å². The van der Waals surface area contributed by atoms with E-state index < -0.39 is 0 Å². The Labute approximate surface area is 87.0 Å². The van der Waals surface area contributed by atoms with Crippen molar-refractivity contribution in [2.24, 2.45) is 5.92 Å². The molecule has 1 fully saturated rings. The Morgan fingerprint density at radius 3 is 2.86 bits per heavy atom. The van der Waals surface area contributed by atoms with Gasteiger partial charge in [-0.1, -0.05) is 19.9 Å². The average Bonchev–Trinajstić information content (AvgIpc) is 2.59. The topological polar surface area (TPSA) is 20.3 Å². The molecular weight excluding hydrogens is 174 g/mol. The standard InChI is InChI=1S/C12H21NO/c1-4-10(2)12(14)8-7-11-6-5-9-13(11)3/h7-8,10-11H,4-6,9H2,1-3H3/b8-7+/t10?,11-/m0/s1. The molecule has 2 heteroatoms. The molecular formula is C12H21NO. The Morgan fingerprint density at radius 1 is 1.64 bits per heavy atom. The second kappa shape index (κ2) is 5.30. The van der Waals surface area contributed by atoms with Gasteiger partial charge in [-0.05, 0) is 38.9 Å². The third kappa shape index (κ3) is 2.95. The largest absolute Gasteiger partial charge is 0.300 e. The van der Waals surface area contributed by atoms with Crippen molar-refractivity contribution in [3.05, 3.63) is 12.2 Å². The van der Waals surface area contributed by atoms with Crippen LogP contribution in [0.1, 0.15) is 33.1 Å². The Morgan fingerprint density at radius 2 is 2.36 bits per heavy atom. The fourth-order valence-corrected chi connectivity index (χ4v) is 1.75. The van der Waals surface area contributed by atoms with Crippen LogP contribution in [-0.4, -0.2) is 30.3 Å². The van der Waals surface area contributed by atoms with Crippen molar-refractivity contribution in [2.45, 2.75) is 39.2 Å². The van der Waals surface area contributed by atoms with E-state index in [-0.39, 0.29) is 11.7 Å². The van der Waals surface area contributed by atoms with E-state index in [9.17, 15) is 4.79 Å². The summed E-state index contributed by atoms with van der Waals surface area (Å²) in [6, 6.07) is 0.489. The van der Waals surface area contributed by atoms with Gasteiger partial charge in [0.2, 0.25) is 0 Å². The lowest BCUT2D eigenvalue weighted by atomic mass is 10.0. The molecule has 0 N–H and O–H groups in total. The Balaban J connectivity index is 2.42. The quantitative estimate of drug-likeness (QED) is 0.641. The highest BCUT2D eigenvalue weighted by Gasteiger charge is 2.18. The first-order chi connectivity index (χ1) is 6.65. The zero-order valence-electron chi connectivity index (χ0n) is 9.49. The lowest BCUT2D eigenvalue weighted by molar-refractivity contribution is -0.117. The number of ketones is 1. The molecule has 1 saturated heterocycles. The van der Waals surface area contributed by atoms with Gasteiger partial charge >= 0.3 is 0 Å². The fraction of sp³-hybridized carbons (Fsp3) is 0.750. The van der Waals surface area contributed by atoms with Crippen molar-refractivity contribution in [3.8, 4) is 0 Å². The van der Waals surface area contributed by atoms with Gasteiger partial charge in [-0.2, -0.15) is 0 Å². The van der Waals surface area contributed by atoms with Gasteiger partial charge in [0.1, 0.15) is 0 Å². The van der Waals surface area contributed by atoms with Crippen LogP contribution in [-0.2, 0) is 4.79 Å². The van der Waals surface area contributed by atoms with Crippen LogP contribution in [0.5, 0.6) is 0 Å². The van der Waals surface area contributed by atoms with Gasteiger partial charge in [-0.3, -0.25) is 9.69 Å².